The van der Waals surface area contributed by atoms with Crippen molar-refractivity contribution in [1.29, 1.82) is 0 Å². The van der Waals surface area contributed by atoms with Crippen LogP contribution in [0.4, 0.5) is 33.3 Å². The predicted molar refractivity (Wildman–Crippen MR) is 154 cm³/mol. The smallest absolute Gasteiger partial charge is 0.339 e. The van der Waals surface area contributed by atoms with E-state index in [2.05, 4.69) is 14.8 Å². The Morgan fingerprint density at radius 1 is 1.04 bits per heavy atom. The first kappa shape index (κ1) is 30.6. The Bertz CT molecular complexity index is 1950. The second-order valence-electron chi connectivity index (χ2n) is 10.4. The molecule has 4 aromatic rings. The summed E-state index contributed by atoms with van der Waals surface area (Å²) in [5, 5.41) is 0.948. The van der Waals surface area contributed by atoms with Crippen molar-refractivity contribution in [3.8, 4) is 0 Å². The van der Waals surface area contributed by atoms with Crippen LogP contribution in [0.1, 0.15) is 34.5 Å². The summed E-state index contributed by atoms with van der Waals surface area (Å²) < 4.78 is 69.2. The molecule has 2 aromatic heterocycles. The number of hydrogen-bond acceptors (Lipinski definition) is 6. The van der Waals surface area contributed by atoms with Gasteiger partial charge in [-0.3, -0.25) is 14.0 Å². The highest BCUT2D eigenvalue weighted by Gasteiger charge is 2.50. The number of piperidine rings is 1. The first-order valence-corrected chi connectivity index (χ1v) is 14.2. The van der Waals surface area contributed by atoms with Gasteiger partial charge in [-0.2, -0.15) is 13.2 Å². The number of hydroxylamine groups is 1. The Balaban J connectivity index is 1.19. The third-order valence-electron chi connectivity index (χ3n) is 7.59. The van der Waals surface area contributed by atoms with Crippen molar-refractivity contribution in [3.05, 3.63) is 97.6 Å². The maximum Gasteiger partial charge on any atom is 0.495 e. The van der Waals surface area contributed by atoms with Gasteiger partial charge in [0.2, 0.25) is 11.4 Å². The number of nitrogens with one attached hydrogen (secondary N) is 1. The lowest BCUT2D eigenvalue weighted by Gasteiger charge is -2.31. The van der Waals surface area contributed by atoms with Crippen LogP contribution in [0, 0.1) is 17.6 Å². The quantitative estimate of drug-likeness (QED) is 0.281. The molecule has 16 heteroatoms. The molecule has 1 radical (unpaired) electrons. The molecule has 1 amide bonds. The zero-order valence-corrected chi connectivity index (χ0v) is 24.3. The number of aromatic nitrogens is 2. The standard InChI is InChI=1S/C29H20Cl2F5N5O4/c30-19-12-23-26(42)37-13-17(40(23)24(19)31)9-14-1-3-20(33)18(10-14)27(43)39-7-5-15(6-8-39)25-38-21-11-16(32)2-4-22(21)41(25)45-28(44)29(34,35)36/h1-4,10-13,15H,5-9H2,(H,37,42)/q+1. The number of rotatable bonds is 5. The lowest BCUT2D eigenvalue weighted by Crippen LogP contribution is -2.46. The number of alkyl halides is 3. The van der Waals surface area contributed by atoms with Gasteiger partial charge in [-0.15, -0.1) is 0 Å². The summed E-state index contributed by atoms with van der Waals surface area (Å²) in [6.07, 6.45) is -3.31. The van der Waals surface area contributed by atoms with Crippen molar-refractivity contribution in [2.75, 3.05) is 18.2 Å². The number of fused-ring (bicyclic) bond motifs is 2. The molecular weight excluding hydrogens is 648 g/mol. The summed E-state index contributed by atoms with van der Waals surface area (Å²) in [4.78, 5) is 50.1. The van der Waals surface area contributed by atoms with Crippen LogP contribution in [0.3, 0.4) is 0 Å². The number of carbonyl (C=O) groups is 2. The van der Waals surface area contributed by atoms with Gasteiger partial charge in [0.1, 0.15) is 22.3 Å². The molecule has 4 heterocycles. The lowest BCUT2D eigenvalue weighted by molar-refractivity contribution is -0.199. The topological polar surface area (TPSA) is 101 Å². The van der Waals surface area contributed by atoms with Crippen LogP contribution in [-0.4, -0.2) is 51.3 Å². The molecule has 1 saturated heterocycles. The number of halogens is 7. The highest BCUT2D eigenvalue weighted by molar-refractivity contribution is 6.42. The normalized spacial score (nSPS) is 15.4. The van der Waals surface area contributed by atoms with Gasteiger partial charge in [-0.25, -0.2) is 18.4 Å². The van der Waals surface area contributed by atoms with Crippen LogP contribution in [0.15, 0.2) is 53.5 Å². The molecule has 0 spiro atoms. The van der Waals surface area contributed by atoms with Crippen molar-refractivity contribution >= 4 is 57.8 Å². The highest BCUT2D eigenvalue weighted by Crippen LogP contribution is 2.36. The number of hydrogen-bond donors (Lipinski definition) is 1. The van der Waals surface area contributed by atoms with Gasteiger partial charge < -0.3 is 9.88 Å². The minimum atomic E-state index is -5.28. The molecule has 45 heavy (non-hydrogen) atoms. The van der Waals surface area contributed by atoms with E-state index in [-0.39, 0.29) is 70.8 Å². The molecule has 0 aliphatic carbocycles. The molecule has 0 bridgehead atoms. The van der Waals surface area contributed by atoms with Gasteiger partial charge >= 0.3 is 18.0 Å². The zero-order chi connectivity index (χ0) is 32.2. The molecule has 2 aliphatic rings. The molecule has 0 saturated carbocycles. The molecule has 9 nitrogen and oxygen atoms in total. The first-order valence-electron chi connectivity index (χ1n) is 13.4. The number of carbonyl (C=O) groups excluding carboxylic acids is 2. The lowest BCUT2D eigenvalue weighted by atomic mass is 9.94. The molecule has 2 aliphatic heterocycles. The van der Waals surface area contributed by atoms with Crippen molar-refractivity contribution in [3.63, 3.8) is 0 Å². The third-order valence-corrected chi connectivity index (χ3v) is 8.34. The van der Waals surface area contributed by atoms with Crippen molar-refractivity contribution in [1.82, 2.24) is 19.3 Å². The van der Waals surface area contributed by atoms with Gasteiger partial charge in [-0.05, 0) is 58.8 Å². The van der Waals surface area contributed by atoms with Crippen molar-refractivity contribution < 1.29 is 36.4 Å². The van der Waals surface area contributed by atoms with Gasteiger partial charge in [0.15, 0.2) is 0 Å². The Morgan fingerprint density at radius 3 is 2.49 bits per heavy atom. The van der Waals surface area contributed by atoms with E-state index in [4.69, 9.17) is 23.2 Å². The summed E-state index contributed by atoms with van der Waals surface area (Å²) >= 11 is 12.4. The van der Waals surface area contributed by atoms with Crippen LogP contribution >= 0.6 is 23.2 Å². The summed E-state index contributed by atoms with van der Waals surface area (Å²) in [6.45, 7) is 0.159. The van der Waals surface area contributed by atoms with E-state index in [0.29, 0.717) is 16.3 Å². The number of H-pyrrole nitrogens is 1. The summed E-state index contributed by atoms with van der Waals surface area (Å²) in [7, 11) is 0. The Labute approximate surface area is 260 Å². The van der Waals surface area contributed by atoms with E-state index < -0.39 is 41.2 Å². The van der Waals surface area contributed by atoms with Gasteiger partial charge in [-0.1, -0.05) is 29.3 Å². The summed E-state index contributed by atoms with van der Waals surface area (Å²) in [6, 6.07) is 8.60. The molecule has 1 fully saturated rings. The van der Waals surface area contributed by atoms with Gasteiger partial charge in [0.05, 0.1) is 16.5 Å². The highest BCUT2D eigenvalue weighted by atomic mass is 35.5. The van der Waals surface area contributed by atoms with Crippen LogP contribution < -0.4 is 15.6 Å². The second-order valence-corrected chi connectivity index (χ2v) is 11.2. The largest absolute Gasteiger partial charge is 0.495 e. The minimum Gasteiger partial charge on any atom is -0.339 e. The number of benzene rings is 2. The van der Waals surface area contributed by atoms with E-state index in [1.807, 2.05) is 0 Å². The Kier molecular flexibility index (Phi) is 7.81. The maximum absolute atomic E-state index is 14.9. The van der Waals surface area contributed by atoms with Crippen LogP contribution in [0.2, 0.25) is 10.2 Å². The summed E-state index contributed by atoms with van der Waals surface area (Å²) in [5.41, 5.74) is 0.621. The number of nitrogens with zero attached hydrogens (tertiary/aromatic N) is 4. The van der Waals surface area contributed by atoms with E-state index in [1.165, 1.54) is 33.7 Å². The van der Waals surface area contributed by atoms with E-state index in [0.717, 1.165) is 24.3 Å². The SMILES string of the molecule is O=C(c1cc(Cc2c[nH]c(=O)c3cc(Cl)c(Cl)n23)ccc1F)N1CCC(C2=[N+]c3cc(F)ccc3N2OC(=O)C(F)(F)F)CC1. The molecule has 233 valence electrons. The van der Waals surface area contributed by atoms with Crippen molar-refractivity contribution in [2.45, 2.75) is 25.4 Å². The van der Waals surface area contributed by atoms with Crippen LogP contribution in [-0.2, 0) is 16.1 Å². The second kappa shape index (κ2) is 11.5. The van der Waals surface area contributed by atoms with Crippen LogP contribution in [0.5, 0.6) is 0 Å². The fourth-order valence-corrected chi connectivity index (χ4v) is 5.87. The molecule has 2 aromatic carbocycles. The zero-order valence-electron chi connectivity index (χ0n) is 22.8. The number of aliphatic imine (C=N–C) groups is 1. The molecule has 6 rings (SSSR count). The summed E-state index contributed by atoms with van der Waals surface area (Å²) in [5.74, 6) is -5.13. The van der Waals surface area contributed by atoms with E-state index in [1.54, 1.807) is 0 Å². The molecule has 0 unspecified atom stereocenters. The van der Waals surface area contributed by atoms with E-state index >= 15 is 0 Å². The number of anilines is 1. The van der Waals surface area contributed by atoms with E-state index in [9.17, 15) is 36.3 Å². The maximum atomic E-state index is 14.9. The van der Waals surface area contributed by atoms with Crippen molar-refractivity contribution in [2.24, 2.45) is 5.92 Å². The average Bonchev–Trinajstić information content (AvgIpc) is 3.51. The average molecular weight is 668 g/mol. The monoisotopic (exact) mass is 667 g/mol. The van der Waals surface area contributed by atoms with Gasteiger partial charge in [0.25, 0.3) is 11.5 Å². The Morgan fingerprint density at radius 2 is 1.78 bits per heavy atom. The molecule has 1 N–H and O–H groups in total. The van der Waals surface area contributed by atoms with Gasteiger partial charge in [0, 0.05) is 37.5 Å². The fraction of sp³-hybridized carbons (Fsp3) is 0.241. The van der Waals surface area contributed by atoms with Crippen LogP contribution in [0.25, 0.3) is 5.52 Å². The molecule has 0 atom stereocenters. The first-order chi connectivity index (χ1) is 21.3. The number of amidine groups is 1. The number of likely N-dealkylation sites (tertiary alicyclic amines) is 1. The minimum absolute atomic E-state index is 0.0133. The third kappa shape index (κ3) is 5.75. The number of aromatic amines is 1. The number of amides is 1. The molecular formula is C29H20Cl2F5N5O4+. The predicted octanol–water partition coefficient (Wildman–Crippen LogP) is 5.56. The Hall–Kier alpha value is -4.43. The fourth-order valence-electron chi connectivity index (χ4n) is 5.43.